The number of para-hydroxylation sites is 1. The number of hydrogen-bond donors (Lipinski definition) is 1. The minimum absolute atomic E-state index is 0.141. The molecule has 1 N–H and O–H groups in total. The quantitative estimate of drug-likeness (QED) is 0.359. The van der Waals surface area contributed by atoms with Gasteiger partial charge in [-0.25, -0.2) is 4.98 Å². The number of benzene rings is 2. The van der Waals surface area contributed by atoms with Crippen molar-refractivity contribution in [2.75, 3.05) is 5.32 Å². The van der Waals surface area contributed by atoms with Crippen LogP contribution in [0.5, 0.6) is 0 Å². The van der Waals surface area contributed by atoms with Crippen molar-refractivity contribution in [3.05, 3.63) is 70.4 Å². The summed E-state index contributed by atoms with van der Waals surface area (Å²) in [4.78, 5) is 30.7. The lowest BCUT2D eigenvalue weighted by Crippen LogP contribution is -2.34. The van der Waals surface area contributed by atoms with Crippen LogP contribution in [-0.2, 0) is 22.6 Å². The summed E-state index contributed by atoms with van der Waals surface area (Å²) in [5.41, 5.74) is 2.20. The molecule has 1 aliphatic rings. The number of carbonyl (C=O) groups is 1. The van der Waals surface area contributed by atoms with Gasteiger partial charge in [0.15, 0.2) is 0 Å². The number of hydrogen-bond acceptors (Lipinski definition) is 6. The number of nitrogens with zero attached hydrogens (tertiary/aromatic N) is 2. The molecule has 0 radical (unpaired) electrons. The molecule has 7 nitrogen and oxygen atoms in total. The van der Waals surface area contributed by atoms with Crippen molar-refractivity contribution in [1.82, 2.24) is 9.55 Å². The van der Waals surface area contributed by atoms with Gasteiger partial charge in [-0.3, -0.25) is 14.2 Å². The summed E-state index contributed by atoms with van der Waals surface area (Å²) in [7, 11) is 0. The number of anilines is 1. The predicted molar refractivity (Wildman–Crippen MR) is 137 cm³/mol. The van der Waals surface area contributed by atoms with Crippen molar-refractivity contribution in [1.29, 1.82) is 0 Å². The molecule has 0 spiro atoms. The molecule has 0 aliphatic heterocycles. The maximum absolute atomic E-state index is 13.5. The third kappa shape index (κ3) is 4.94. The topological polar surface area (TPSA) is 86.4 Å². The average molecular weight is 474 g/mol. The summed E-state index contributed by atoms with van der Waals surface area (Å²) < 4.78 is 12.9. The van der Waals surface area contributed by atoms with E-state index in [4.69, 9.17) is 9.15 Å². The largest absolute Gasteiger partial charge is 0.459 e. The molecular formula is C28H31N3O4. The highest BCUT2D eigenvalue weighted by molar-refractivity contribution is 6.04. The van der Waals surface area contributed by atoms with Gasteiger partial charge in [0.05, 0.1) is 6.20 Å². The molecule has 2 aromatic carbocycles. The molecule has 1 aliphatic carbocycles. The number of fused-ring (bicyclic) bond motifs is 3. The van der Waals surface area contributed by atoms with Gasteiger partial charge in [0.25, 0.3) is 5.56 Å². The van der Waals surface area contributed by atoms with Crippen molar-refractivity contribution in [2.45, 2.75) is 71.1 Å². The fraction of sp³-hybridized carbons (Fsp3) is 0.393. The van der Waals surface area contributed by atoms with Crippen LogP contribution in [0.15, 0.2) is 57.9 Å². The minimum atomic E-state index is -0.618. The molecule has 0 saturated heterocycles. The van der Waals surface area contributed by atoms with Crippen molar-refractivity contribution < 1.29 is 13.9 Å². The molecule has 182 valence electrons. The molecule has 0 atom stereocenters. The van der Waals surface area contributed by atoms with Crippen molar-refractivity contribution in [3.63, 3.8) is 0 Å². The van der Waals surface area contributed by atoms with E-state index in [0.29, 0.717) is 18.1 Å². The third-order valence-corrected chi connectivity index (χ3v) is 6.43. The highest BCUT2D eigenvalue weighted by Gasteiger charge is 2.25. The van der Waals surface area contributed by atoms with Crippen molar-refractivity contribution in [2.24, 2.45) is 0 Å². The van der Waals surface area contributed by atoms with E-state index in [0.717, 1.165) is 53.2 Å². The molecule has 1 saturated carbocycles. The molecule has 7 heteroatoms. The van der Waals surface area contributed by atoms with Gasteiger partial charge in [-0.05, 0) is 57.4 Å². The van der Waals surface area contributed by atoms with Crippen LogP contribution in [0.4, 0.5) is 5.69 Å². The zero-order chi connectivity index (χ0) is 24.6. The Kier molecular flexibility index (Phi) is 6.09. The Morgan fingerprint density at radius 3 is 2.63 bits per heavy atom. The number of nitrogens with one attached hydrogen (secondary N) is 1. The van der Waals surface area contributed by atoms with Gasteiger partial charge in [0, 0.05) is 23.2 Å². The third-order valence-electron chi connectivity index (χ3n) is 6.43. The number of aromatic nitrogens is 2. The first-order valence-corrected chi connectivity index (χ1v) is 12.2. The monoisotopic (exact) mass is 473 g/mol. The van der Waals surface area contributed by atoms with E-state index in [2.05, 4.69) is 16.4 Å². The maximum atomic E-state index is 13.5. The van der Waals surface area contributed by atoms with Crippen LogP contribution in [0.3, 0.4) is 0 Å². The van der Waals surface area contributed by atoms with Gasteiger partial charge in [0.1, 0.15) is 34.8 Å². The normalized spacial score (nSPS) is 14.6. The van der Waals surface area contributed by atoms with E-state index < -0.39 is 11.6 Å². The van der Waals surface area contributed by atoms with Crippen LogP contribution < -0.4 is 10.9 Å². The first-order chi connectivity index (χ1) is 16.8. The van der Waals surface area contributed by atoms with E-state index in [9.17, 15) is 9.59 Å². The standard InChI is InChI=1S/C28H31N3O4/c1-28(2,3)35-25(32)17-31-26(19-8-4-5-9-19)30-16-22(27(31)33)29-15-18-12-13-24-21(14-18)20-10-6-7-11-23(20)34-24/h6-7,10-14,16,19,29H,4-5,8-9,15,17H2,1-3H3. The van der Waals surface area contributed by atoms with Crippen LogP contribution in [0.2, 0.25) is 0 Å². The zero-order valence-corrected chi connectivity index (χ0v) is 20.5. The first kappa shape index (κ1) is 23.1. The lowest BCUT2D eigenvalue weighted by Gasteiger charge is -2.22. The Balaban J connectivity index is 1.42. The van der Waals surface area contributed by atoms with Crippen molar-refractivity contribution in [3.8, 4) is 0 Å². The summed E-state index contributed by atoms with van der Waals surface area (Å²) in [6.45, 7) is 5.77. The lowest BCUT2D eigenvalue weighted by atomic mass is 10.1. The number of rotatable bonds is 6. The highest BCUT2D eigenvalue weighted by atomic mass is 16.6. The average Bonchev–Trinajstić information content (AvgIpc) is 3.46. The fourth-order valence-corrected chi connectivity index (χ4v) is 4.87. The van der Waals surface area contributed by atoms with Gasteiger partial charge >= 0.3 is 5.97 Å². The summed E-state index contributed by atoms with van der Waals surface area (Å²) in [6, 6.07) is 14.0. The molecule has 0 bridgehead atoms. The molecule has 0 amide bonds. The molecular weight excluding hydrogens is 442 g/mol. The SMILES string of the molecule is CC(C)(C)OC(=O)Cn1c(C2CCCC2)ncc(NCc2ccc3oc4ccccc4c3c2)c1=O. The van der Waals surface area contributed by atoms with E-state index >= 15 is 0 Å². The van der Waals surface area contributed by atoms with Crippen LogP contribution in [0.1, 0.15) is 63.8 Å². The summed E-state index contributed by atoms with van der Waals surface area (Å²) in [5, 5.41) is 5.34. The molecule has 5 rings (SSSR count). The molecule has 2 heterocycles. The van der Waals surface area contributed by atoms with Gasteiger partial charge in [0.2, 0.25) is 0 Å². The molecule has 2 aromatic heterocycles. The Hall–Kier alpha value is -3.61. The lowest BCUT2D eigenvalue weighted by molar-refractivity contribution is -0.155. The Morgan fingerprint density at radius 1 is 1.11 bits per heavy atom. The number of carbonyl (C=O) groups excluding carboxylic acids is 1. The van der Waals surface area contributed by atoms with Crippen LogP contribution in [0, 0.1) is 0 Å². The minimum Gasteiger partial charge on any atom is -0.459 e. The zero-order valence-electron chi connectivity index (χ0n) is 20.5. The van der Waals surface area contributed by atoms with E-state index in [-0.39, 0.29) is 18.0 Å². The Bertz CT molecular complexity index is 1440. The summed E-state index contributed by atoms with van der Waals surface area (Å²) in [6.07, 6.45) is 5.78. The van der Waals surface area contributed by atoms with E-state index in [1.54, 1.807) is 6.20 Å². The number of ether oxygens (including phenoxy) is 1. The first-order valence-electron chi connectivity index (χ1n) is 12.2. The Morgan fingerprint density at radius 2 is 1.86 bits per heavy atom. The van der Waals surface area contributed by atoms with Crippen molar-refractivity contribution >= 4 is 33.6 Å². The second-order valence-electron chi connectivity index (χ2n) is 10.3. The number of furan rings is 1. The van der Waals surface area contributed by atoms with Gasteiger partial charge in [-0.2, -0.15) is 0 Å². The molecule has 35 heavy (non-hydrogen) atoms. The predicted octanol–water partition coefficient (Wildman–Crippen LogP) is 5.75. The maximum Gasteiger partial charge on any atom is 0.326 e. The summed E-state index contributed by atoms with van der Waals surface area (Å²) in [5.74, 6) is 0.432. The van der Waals surface area contributed by atoms with E-state index in [1.165, 1.54) is 4.57 Å². The second kappa shape index (κ2) is 9.21. The molecule has 4 aromatic rings. The second-order valence-corrected chi connectivity index (χ2v) is 10.3. The molecule has 0 unspecified atom stereocenters. The smallest absolute Gasteiger partial charge is 0.326 e. The van der Waals surface area contributed by atoms with E-state index in [1.807, 2.05) is 57.2 Å². The Labute approximate surface area is 204 Å². The fourth-order valence-electron chi connectivity index (χ4n) is 4.87. The highest BCUT2D eigenvalue weighted by Crippen LogP contribution is 2.33. The van der Waals surface area contributed by atoms with Crippen LogP contribution in [0.25, 0.3) is 21.9 Å². The number of esters is 1. The summed E-state index contributed by atoms with van der Waals surface area (Å²) >= 11 is 0. The molecule has 1 fully saturated rings. The van der Waals surface area contributed by atoms with Gasteiger partial charge < -0.3 is 14.5 Å². The van der Waals surface area contributed by atoms with Crippen LogP contribution >= 0.6 is 0 Å². The van der Waals surface area contributed by atoms with Gasteiger partial charge in [-0.15, -0.1) is 0 Å². The van der Waals surface area contributed by atoms with Gasteiger partial charge in [-0.1, -0.05) is 37.1 Å². The van der Waals surface area contributed by atoms with Crippen LogP contribution in [-0.4, -0.2) is 21.1 Å².